The Morgan fingerprint density at radius 1 is 1.29 bits per heavy atom. The first kappa shape index (κ1) is 18.4. The van der Waals surface area contributed by atoms with E-state index < -0.39 is 5.60 Å². The zero-order valence-electron chi connectivity index (χ0n) is 14.4. The molecule has 6 heteroatoms. The molecule has 24 heavy (non-hydrogen) atoms. The minimum Gasteiger partial charge on any atom is -0.478 e. The first-order chi connectivity index (χ1) is 11.3. The Hall–Kier alpha value is -1.98. The van der Waals surface area contributed by atoms with Gasteiger partial charge < -0.3 is 14.5 Å². The van der Waals surface area contributed by atoms with Crippen LogP contribution in [-0.2, 0) is 4.79 Å². The van der Waals surface area contributed by atoms with Crippen molar-refractivity contribution in [3.05, 3.63) is 53.4 Å². The number of rotatable bonds is 7. The fraction of sp³-hybridized carbons (Fsp3) is 0.389. The number of benzene rings is 1. The molecule has 0 aliphatic heterocycles. The molecule has 1 heterocycles. The molecule has 0 spiro atoms. The Morgan fingerprint density at radius 3 is 2.50 bits per heavy atom. The zero-order chi connectivity index (χ0) is 17.7. The summed E-state index contributed by atoms with van der Waals surface area (Å²) in [5.41, 5.74) is -1.01. The highest BCUT2D eigenvalue weighted by Gasteiger charge is 2.31. The van der Waals surface area contributed by atoms with Gasteiger partial charge in [-0.2, -0.15) is 0 Å². The third-order valence-electron chi connectivity index (χ3n) is 3.68. The molecule has 1 N–H and O–H groups in total. The lowest BCUT2D eigenvalue weighted by Crippen LogP contribution is -2.48. The van der Waals surface area contributed by atoms with Crippen LogP contribution in [0, 0.1) is 0 Å². The summed E-state index contributed by atoms with van der Waals surface area (Å²) in [7, 11) is 3.88. The topological polar surface area (TPSA) is 54.7 Å². The lowest BCUT2D eigenvalue weighted by atomic mass is 10.1. The van der Waals surface area contributed by atoms with Crippen molar-refractivity contribution in [1.29, 1.82) is 0 Å². The molecule has 0 saturated carbocycles. The van der Waals surface area contributed by atoms with Crippen LogP contribution in [0.15, 0.2) is 47.1 Å². The van der Waals surface area contributed by atoms with Crippen LogP contribution >= 0.6 is 11.6 Å². The fourth-order valence-corrected chi connectivity index (χ4v) is 2.39. The van der Waals surface area contributed by atoms with E-state index in [1.54, 1.807) is 44.4 Å². The van der Waals surface area contributed by atoms with Crippen LogP contribution < -0.4 is 10.1 Å². The van der Waals surface area contributed by atoms with Gasteiger partial charge in [0.1, 0.15) is 11.5 Å². The van der Waals surface area contributed by atoms with Crippen molar-refractivity contribution >= 4 is 17.5 Å². The average molecular weight is 351 g/mol. The van der Waals surface area contributed by atoms with Crippen molar-refractivity contribution < 1.29 is 13.9 Å². The second-order valence-electron chi connectivity index (χ2n) is 6.27. The predicted molar refractivity (Wildman–Crippen MR) is 94.3 cm³/mol. The maximum atomic E-state index is 12.5. The van der Waals surface area contributed by atoms with Crippen LogP contribution in [0.3, 0.4) is 0 Å². The predicted octanol–water partition coefficient (Wildman–Crippen LogP) is 3.51. The quantitative estimate of drug-likeness (QED) is 0.830. The van der Waals surface area contributed by atoms with Gasteiger partial charge in [-0.3, -0.25) is 9.69 Å². The average Bonchev–Trinajstić information content (AvgIpc) is 3.03. The summed E-state index contributed by atoms with van der Waals surface area (Å²) in [6, 6.07) is 10.6. The lowest BCUT2D eigenvalue weighted by Gasteiger charge is -2.28. The molecule has 1 atom stereocenters. The molecule has 2 aromatic rings. The number of amides is 1. The molecule has 2 rings (SSSR count). The van der Waals surface area contributed by atoms with Crippen molar-refractivity contribution in [3.63, 3.8) is 0 Å². The molecule has 130 valence electrons. The second kappa shape index (κ2) is 7.73. The van der Waals surface area contributed by atoms with E-state index in [1.807, 2.05) is 31.1 Å². The number of ether oxygens (including phenoxy) is 1. The molecule has 1 aromatic heterocycles. The summed E-state index contributed by atoms with van der Waals surface area (Å²) in [6.07, 6.45) is 1.63. The van der Waals surface area contributed by atoms with Gasteiger partial charge in [0, 0.05) is 11.6 Å². The van der Waals surface area contributed by atoms with E-state index in [2.05, 4.69) is 5.32 Å². The zero-order valence-corrected chi connectivity index (χ0v) is 15.1. The fourth-order valence-electron chi connectivity index (χ4n) is 2.26. The molecular formula is C18H23ClN2O3. The highest BCUT2D eigenvalue weighted by Crippen LogP contribution is 2.22. The summed E-state index contributed by atoms with van der Waals surface area (Å²) < 4.78 is 11.2. The minimum atomic E-state index is -1.01. The number of hydrogen-bond donors (Lipinski definition) is 1. The standard InChI is InChI=1S/C18H23ClN2O3/c1-18(2,24-14-9-7-13(19)8-10-14)17(22)20-12-15(21(3)4)16-6-5-11-23-16/h5-11,15H,12H2,1-4H3,(H,20,22). The number of nitrogens with one attached hydrogen (secondary N) is 1. The number of hydrogen-bond acceptors (Lipinski definition) is 4. The van der Waals surface area contributed by atoms with Gasteiger partial charge in [-0.1, -0.05) is 11.6 Å². The highest BCUT2D eigenvalue weighted by molar-refractivity contribution is 6.30. The summed E-state index contributed by atoms with van der Waals surface area (Å²) in [5, 5.41) is 3.55. The molecule has 0 radical (unpaired) electrons. The SMILES string of the molecule is CN(C)C(CNC(=O)C(C)(C)Oc1ccc(Cl)cc1)c1ccco1. The molecule has 5 nitrogen and oxygen atoms in total. The van der Waals surface area contributed by atoms with Crippen molar-refractivity contribution in [2.24, 2.45) is 0 Å². The van der Waals surface area contributed by atoms with Crippen LogP contribution in [-0.4, -0.2) is 37.0 Å². The molecule has 0 fully saturated rings. The summed E-state index contributed by atoms with van der Waals surface area (Å²) in [4.78, 5) is 14.5. The smallest absolute Gasteiger partial charge is 0.263 e. The molecule has 0 saturated heterocycles. The van der Waals surface area contributed by atoms with Crippen molar-refractivity contribution in [1.82, 2.24) is 10.2 Å². The van der Waals surface area contributed by atoms with E-state index in [-0.39, 0.29) is 11.9 Å². The Bertz CT molecular complexity index is 651. The van der Waals surface area contributed by atoms with Crippen LogP contribution in [0.5, 0.6) is 5.75 Å². The van der Waals surface area contributed by atoms with E-state index >= 15 is 0 Å². The van der Waals surface area contributed by atoms with Crippen molar-refractivity contribution in [2.75, 3.05) is 20.6 Å². The maximum Gasteiger partial charge on any atom is 0.263 e. The van der Waals surface area contributed by atoms with E-state index in [0.29, 0.717) is 17.3 Å². The van der Waals surface area contributed by atoms with Gasteiger partial charge in [0.2, 0.25) is 0 Å². The Morgan fingerprint density at radius 2 is 1.96 bits per heavy atom. The molecule has 1 amide bonds. The highest BCUT2D eigenvalue weighted by atomic mass is 35.5. The van der Waals surface area contributed by atoms with E-state index in [4.69, 9.17) is 20.8 Å². The number of furan rings is 1. The molecule has 0 aliphatic rings. The van der Waals surface area contributed by atoms with Crippen molar-refractivity contribution in [3.8, 4) is 5.75 Å². The Balaban J connectivity index is 1.98. The number of carbonyl (C=O) groups excluding carboxylic acids is 1. The summed E-state index contributed by atoms with van der Waals surface area (Å²) in [5.74, 6) is 1.20. The van der Waals surface area contributed by atoms with Gasteiger partial charge in [0.05, 0.1) is 12.3 Å². The molecule has 1 unspecified atom stereocenters. The van der Waals surface area contributed by atoms with E-state index in [0.717, 1.165) is 5.76 Å². The second-order valence-corrected chi connectivity index (χ2v) is 6.71. The van der Waals surface area contributed by atoms with Gasteiger partial charge >= 0.3 is 0 Å². The maximum absolute atomic E-state index is 12.5. The third-order valence-corrected chi connectivity index (χ3v) is 3.94. The van der Waals surface area contributed by atoms with Crippen LogP contribution in [0.25, 0.3) is 0 Å². The molecule has 0 bridgehead atoms. The van der Waals surface area contributed by atoms with Gasteiger partial charge in [-0.15, -0.1) is 0 Å². The van der Waals surface area contributed by atoms with Gasteiger partial charge in [0.25, 0.3) is 5.91 Å². The largest absolute Gasteiger partial charge is 0.478 e. The van der Waals surface area contributed by atoms with E-state index in [1.165, 1.54) is 0 Å². The summed E-state index contributed by atoms with van der Waals surface area (Å²) in [6.45, 7) is 3.88. The van der Waals surface area contributed by atoms with Crippen molar-refractivity contribution in [2.45, 2.75) is 25.5 Å². The Labute approximate surface area is 147 Å². The first-order valence-electron chi connectivity index (χ1n) is 7.72. The summed E-state index contributed by atoms with van der Waals surface area (Å²) >= 11 is 5.86. The lowest BCUT2D eigenvalue weighted by molar-refractivity contribution is -0.134. The number of halogens is 1. The van der Waals surface area contributed by atoms with E-state index in [9.17, 15) is 4.79 Å². The third kappa shape index (κ3) is 4.76. The van der Waals surface area contributed by atoms with Crippen LogP contribution in [0.2, 0.25) is 5.02 Å². The minimum absolute atomic E-state index is 0.0460. The number of likely N-dealkylation sites (N-methyl/N-ethyl adjacent to an activating group) is 1. The monoisotopic (exact) mass is 350 g/mol. The van der Waals surface area contributed by atoms with Gasteiger partial charge in [0.15, 0.2) is 5.60 Å². The molecular weight excluding hydrogens is 328 g/mol. The van der Waals surface area contributed by atoms with Gasteiger partial charge in [-0.25, -0.2) is 0 Å². The van der Waals surface area contributed by atoms with Crippen LogP contribution in [0.4, 0.5) is 0 Å². The van der Waals surface area contributed by atoms with Gasteiger partial charge in [-0.05, 0) is 64.3 Å². The van der Waals surface area contributed by atoms with Crippen LogP contribution in [0.1, 0.15) is 25.6 Å². The number of nitrogens with zero attached hydrogens (tertiary/aromatic N) is 1. The Kier molecular flexibility index (Phi) is 5.91. The molecule has 1 aromatic carbocycles. The number of carbonyl (C=O) groups is 1. The molecule has 0 aliphatic carbocycles. The normalized spacial score (nSPS) is 12.9. The first-order valence-corrected chi connectivity index (χ1v) is 8.10.